The van der Waals surface area contributed by atoms with Crippen LogP contribution in [0.15, 0.2) is 122 Å². The van der Waals surface area contributed by atoms with Crippen molar-refractivity contribution in [1.29, 1.82) is 0 Å². The van der Waals surface area contributed by atoms with E-state index in [0.717, 1.165) is 135 Å². The van der Waals surface area contributed by atoms with Gasteiger partial charge in [-0.15, -0.1) is 0 Å². The zero-order chi connectivity index (χ0) is 59.2. The Labute approximate surface area is 507 Å². The third kappa shape index (κ3) is 66.6. The predicted octanol–water partition coefficient (Wildman–Crippen LogP) is 23.9. The number of carbonyl (C=O) groups excluding carboxylic acids is 3. The van der Waals surface area contributed by atoms with Crippen LogP contribution in [0, 0.1) is 0 Å². The monoisotopic (exact) mass is 1140 g/mol. The summed E-state index contributed by atoms with van der Waals surface area (Å²) in [6.45, 7) is 6.53. The summed E-state index contributed by atoms with van der Waals surface area (Å²) < 4.78 is 16.9. The molecule has 0 N–H and O–H groups in total. The van der Waals surface area contributed by atoms with Crippen LogP contribution in [0.1, 0.15) is 323 Å². The molecule has 0 aromatic rings. The first kappa shape index (κ1) is 77.8. The van der Waals surface area contributed by atoms with E-state index >= 15 is 0 Å². The second kappa shape index (κ2) is 69.3. The number of allylic oxidation sites excluding steroid dienone is 20. The lowest BCUT2D eigenvalue weighted by atomic mass is 10.0. The van der Waals surface area contributed by atoms with E-state index in [2.05, 4.69) is 142 Å². The smallest absolute Gasteiger partial charge is 0.306 e. The van der Waals surface area contributed by atoms with Gasteiger partial charge < -0.3 is 14.2 Å². The summed E-state index contributed by atoms with van der Waals surface area (Å²) in [6.07, 6.45) is 96.5. The van der Waals surface area contributed by atoms with Gasteiger partial charge in [0.1, 0.15) is 13.2 Å². The molecule has 0 spiro atoms. The summed E-state index contributed by atoms with van der Waals surface area (Å²) in [5.74, 6) is -0.898. The van der Waals surface area contributed by atoms with Gasteiger partial charge in [-0.1, -0.05) is 328 Å². The number of hydrogen-bond donors (Lipinski definition) is 0. The third-order valence-corrected chi connectivity index (χ3v) is 14.7. The van der Waals surface area contributed by atoms with Crippen LogP contribution in [0.5, 0.6) is 0 Å². The second-order valence-corrected chi connectivity index (χ2v) is 22.7. The molecule has 0 aromatic carbocycles. The van der Waals surface area contributed by atoms with Crippen molar-refractivity contribution in [1.82, 2.24) is 0 Å². The van der Waals surface area contributed by atoms with Crippen molar-refractivity contribution >= 4 is 17.9 Å². The summed E-state index contributed by atoms with van der Waals surface area (Å²) in [7, 11) is 0. The first-order valence-electron chi connectivity index (χ1n) is 34.5. The summed E-state index contributed by atoms with van der Waals surface area (Å²) in [5, 5.41) is 0. The van der Waals surface area contributed by atoms with Crippen molar-refractivity contribution in [2.24, 2.45) is 0 Å². The molecule has 0 aliphatic carbocycles. The van der Waals surface area contributed by atoms with Gasteiger partial charge in [-0.05, 0) is 96.3 Å². The highest BCUT2D eigenvalue weighted by molar-refractivity contribution is 5.71. The lowest BCUT2D eigenvalue weighted by molar-refractivity contribution is -0.167. The average Bonchev–Trinajstić information content (AvgIpc) is 3.47. The molecule has 468 valence electrons. The van der Waals surface area contributed by atoms with Crippen LogP contribution in [0.25, 0.3) is 0 Å². The van der Waals surface area contributed by atoms with Gasteiger partial charge in [0, 0.05) is 19.3 Å². The molecule has 0 saturated carbocycles. The standard InChI is InChI=1S/C76H128O6/c1-4-7-10-13-16-19-22-24-26-28-30-31-32-33-34-35-36-37-38-39-40-41-42-43-44-45-46-48-49-51-54-57-60-63-66-69-75(78)81-72-73(71-80-74(77)68-65-62-59-56-53-21-18-15-12-9-6-3)82-76(79)70-67-64-61-58-55-52-50-47-29-27-25-23-20-17-14-11-8-5-2/h7,10,16,19,24,26,30-31,33-34,36-37,39-40,42-43,45-46,49,51,73H,4-6,8-9,11-15,17-18,20-23,25,27-29,32,35,38,41,44,47-48,50,52-72H2,1-3H3/b10-7-,19-16-,26-24-,31-30-,34-33-,37-36-,40-39-,43-42-,46-45-,51-49-. The Morgan fingerprint density at radius 1 is 0.256 bits per heavy atom. The fourth-order valence-corrected chi connectivity index (χ4v) is 9.59. The zero-order valence-electron chi connectivity index (χ0n) is 53.7. The van der Waals surface area contributed by atoms with Gasteiger partial charge in [-0.3, -0.25) is 14.4 Å². The highest BCUT2D eigenvalue weighted by atomic mass is 16.6. The van der Waals surface area contributed by atoms with Gasteiger partial charge in [-0.25, -0.2) is 0 Å². The molecule has 0 radical (unpaired) electrons. The highest BCUT2D eigenvalue weighted by Crippen LogP contribution is 2.17. The Hall–Kier alpha value is -4.19. The van der Waals surface area contributed by atoms with Gasteiger partial charge in [0.2, 0.25) is 0 Å². The molecular weight excluding hydrogens is 1010 g/mol. The molecule has 0 aliphatic heterocycles. The van der Waals surface area contributed by atoms with Crippen molar-refractivity contribution in [3.05, 3.63) is 122 Å². The van der Waals surface area contributed by atoms with Crippen LogP contribution in [-0.4, -0.2) is 37.2 Å². The van der Waals surface area contributed by atoms with Crippen molar-refractivity contribution in [3.63, 3.8) is 0 Å². The summed E-state index contributed by atoms with van der Waals surface area (Å²) in [6, 6.07) is 0. The molecule has 0 bridgehead atoms. The number of rotatable bonds is 62. The fourth-order valence-electron chi connectivity index (χ4n) is 9.59. The topological polar surface area (TPSA) is 78.9 Å². The molecule has 0 amide bonds. The zero-order valence-corrected chi connectivity index (χ0v) is 53.7. The molecule has 0 aromatic heterocycles. The Bertz CT molecular complexity index is 1690. The van der Waals surface area contributed by atoms with E-state index in [1.165, 1.54) is 148 Å². The summed E-state index contributed by atoms with van der Waals surface area (Å²) in [4.78, 5) is 38.3. The minimum absolute atomic E-state index is 0.0828. The molecule has 6 nitrogen and oxygen atoms in total. The largest absolute Gasteiger partial charge is 0.462 e. The first-order valence-corrected chi connectivity index (χ1v) is 34.5. The lowest BCUT2D eigenvalue weighted by Gasteiger charge is -2.18. The van der Waals surface area contributed by atoms with E-state index in [1.807, 2.05) is 0 Å². The molecular formula is C76H128O6. The quantitative estimate of drug-likeness (QED) is 0.0261. The van der Waals surface area contributed by atoms with Crippen LogP contribution in [0.2, 0.25) is 0 Å². The van der Waals surface area contributed by atoms with E-state index < -0.39 is 6.10 Å². The van der Waals surface area contributed by atoms with Gasteiger partial charge >= 0.3 is 17.9 Å². The number of unbranched alkanes of at least 4 members (excludes halogenated alkanes) is 31. The van der Waals surface area contributed by atoms with Crippen molar-refractivity contribution in [2.75, 3.05) is 13.2 Å². The third-order valence-electron chi connectivity index (χ3n) is 14.7. The summed E-state index contributed by atoms with van der Waals surface area (Å²) in [5.41, 5.74) is 0. The van der Waals surface area contributed by atoms with Gasteiger partial charge in [0.15, 0.2) is 6.10 Å². The molecule has 1 atom stereocenters. The Morgan fingerprint density at radius 3 is 0.744 bits per heavy atom. The molecule has 0 rings (SSSR count). The number of carbonyl (C=O) groups is 3. The molecule has 0 aliphatic rings. The van der Waals surface area contributed by atoms with E-state index in [-0.39, 0.29) is 31.1 Å². The van der Waals surface area contributed by atoms with E-state index in [1.54, 1.807) is 0 Å². The molecule has 6 heteroatoms. The highest BCUT2D eigenvalue weighted by Gasteiger charge is 2.19. The van der Waals surface area contributed by atoms with Gasteiger partial charge in [0.05, 0.1) is 0 Å². The number of esters is 3. The molecule has 0 saturated heterocycles. The maximum Gasteiger partial charge on any atom is 0.306 e. The van der Waals surface area contributed by atoms with Crippen molar-refractivity contribution < 1.29 is 28.6 Å². The van der Waals surface area contributed by atoms with Crippen molar-refractivity contribution in [2.45, 2.75) is 329 Å². The average molecular weight is 1140 g/mol. The van der Waals surface area contributed by atoms with E-state index in [4.69, 9.17) is 14.2 Å². The predicted molar refractivity (Wildman–Crippen MR) is 357 cm³/mol. The maximum atomic E-state index is 12.9. The normalized spacial score (nSPS) is 12.9. The van der Waals surface area contributed by atoms with Gasteiger partial charge in [0.25, 0.3) is 0 Å². The van der Waals surface area contributed by atoms with Crippen LogP contribution < -0.4 is 0 Å². The first-order chi connectivity index (χ1) is 40.5. The summed E-state index contributed by atoms with van der Waals surface area (Å²) >= 11 is 0. The molecule has 0 heterocycles. The maximum absolute atomic E-state index is 12.9. The van der Waals surface area contributed by atoms with E-state index in [9.17, 15) is 14.4 Å². The number of hydrogen-bond acceptors (Lipinski definition) is 6. The lowest BCUT2D eigenvalue weighted by Crippen LogP contribution is -2.30. The SMILES string of the molecule is CC/C=C\C/C=C\C/C=C\C/C=C\C/C=C\C/C=C\C/C=C\C/C=C\C/C=C\C/C=C\CCCCCCC(=O)OCC(COC(=O)CCCCCCCCCCCCC)OC(=O)CCCCCCCCCCCCCCCCCCCC. The fraction of sp³-hybridized carbons (Fsp3) is 0.697. The minimum atomic E-state index is -0.788. The second-order valence-electron chi connectivity index (χ2n) is 22.7. The van der Waals surface area contributed by atoms with Crippen LogP contribution in [0.3, 0.4) is 0 Å². The molecule has 0 fully saturated rings. The molecule has 1 unspecified atom stereocenters. The minimum Gasteiger partial charge on any atom is -0.462 e. The van der Waals surface area contributed by atoms with Crippen molar-refractivity contribution in [3.8, 4) is 0 Å². The molecule has 82 heavy (non-hydrogen) atoms. The number of ether oxygens (including phenoxy) is 3. The van der Waals surface area contributed by atoms with Crippen LogP contribution >= 0.6 is 0 Å². The Morgan fingerprint density at radius 2 is 0.476 bits per heavy atom. The van der Waals surface area contributed by atoms with Crippen LogP contribution in [0.4, 0.5) is 0 Å². The Balaban J connectivity index is 4.28. The van der Waals surface area contributed by atoms with Gasteiger partial charge in [-0.2, -0.15) is 0 Å². The van der Waals surface area contributed by atoms with Crippen LogP contribution in [-0.2, 0) is 28.6 Å². The Kier molecular flexibility index (Phi) is 65.8. The van der Waals surface area contributed by atoms with E-state index in [0.29, 0.717) is 19.3 Å².